The summed E-state index contributed by atoms with van der Waals surface area (Å²) in [6.07, 6.45) is 0.109. The molecule has 21 heavy (non-hydrogen) atoms. The minimum absolute atomic E-state index is 0.0594. The van der Waals surface area contributed by atoms with Crippen molar-refractivity contribution in [2.75, 3.05) is 0 Å². The van der Waals surface area contributed by atoms with Gasteiger partial charge in [-0.2, -0.15) is 5.10 Å². The zero-order valence-electron chi connectivity index (χ0n) is 12.7. The standard InChI is InChI=1S/C15H21N3O3/c1-9(2)16-13(19)8-11(4)17-18-15(21)12-7-5-6-10(3)14(12)20/h5-7,9,20H,8H2,1-4H3,(H,16,19)(H,18,21)/b17-11-. The highest BCUT2D eigenvalue weighted by Crippen LogP contribution is 2.20. The molecular weight excluding hydrogens is 270 g/mol. The first kappa shape index (κ1) is 16.7. The number of benzene rings is 1. The summed E-state index contributed by atoms with van der Waals surface area (Å²) in [5.74, 6) is -0.737. The van der Waals surface area contributed by atoms with Crippen molar-refractivity contribution in [3.63, 3.8) is 0 Å². The highest BCUT2D eigenvalue weighted by atomic mass is 16.3. The van der Waals surface area contributed by atoms with Crippen LogP contribution in [0.15, 0.2) is 23.3 Å². The number of aromatic hydroxyl groups is 1. The third-order valence-electron chi connectivity index (χ3n) is 2.70. The summed E-state index contributed by atoms with van der Waals surface area (Å²) in [7, 11) is 0. The van der Waals surface area contributed by atoms with Gasteiger partial charge in [-0.1, -0.05) is 12.1 Å². The second kappa shape index (κ2) is 7.42. The van der Waals surface area contributed by atoms with Crippen LogP contribution in [0.5, 0.6) is 5.75 Å². The molecule has 0 aliphatic carbocycles. The third kappa shape index (κ3) is 5.25. The average molecular weight is 291 g/mol. The van der Waals surface area contributed by atoms with Crippen LogP contribution in [-0.2, 0) is 4.79 Å². The Morgan fingerprint density at radius 3 is 2.62 bits per heavy atom. The van der Waals surface area contributed by atoms with Crippen molar-refractivity contribution in [1.82, 2.24) is 10.7 Å². The SMILES string of the molecule is C/C(CC(=O)NC(C)C)=N/NC(=O)c1cccc(C)c1O. The number of nitrogens with one attached hydrogen (secondary N) is 2. The van der Waals surface area contributed by atoms with Gasteiger partial charge in [-0.25, -0.2) is 5.43 Å². The summed E-state index contributed by atoms with van der Waals surface area (Å²) >= 11 is 0. The number of hydrogen-bond acceptors (Lipinski definition) is 4. The molecule has 0 spiro atoms. The number of phenols is 1. The fraction of sp³-hybridized carbons (Fsp3) is 0.400. The van der Waals surface area contributed by atoms with Gasteiger partial charge in [0.05, 0.1) is 12.0 Å². The van der Waals surface area contributed by atoms with Gasteiger partial charge in [-0.3, -0.25) is 9.59 Å². The van der Waals surface area contributed by atoms with E-state index in [1.165, 1.54) is 6.07 Å². The number of phenolic OH excluding ortho intramolecular Hbond substituents is 1. The molecule has 0 atom stereocenters. The second-order valence-electron chi connectivity index (χ2n) is 5.16. The molecule has 1 rings (SSSR count). The molecule has 6 nitrogen and oxygen atoms in total. The molecule has 0 unspecified atom stereocenters. The summed E-state index contributed by atoms with van der Waals surface area (Å²) in [6.45, 7) is 7.09. The Hall–Kier alpha value is -2.37. The van der Waals surface area contributed by atoms with Crippen LogP contribution in [0.4, 0.5) is 0 Å². The molecule has 0 saturated heterocycles. The highest BCUT2D eigenvalue weighted by molar-refractivity contribution is 6.01. The van der Waals surface area contributed by atoms with E-state index in [2.05, 4.69) is 15.8 Å². The van der Waals surface area contributed by atoms with Crippen LogP contribution < -0.4 is 10.7 Å². The number of rotatable bonds is 5. The molecule has 0 saturated carbocycles. The molecule has 0 aliphatic heterocycles. The molecule has 3 N–H and O–H groups in total. The molecular formula is C15H21N3O3. The maximum Gasteiger partial charge on any atom is 0.275 e. The van der Waals surface area contributed by atoms with E-state index >= 15 is 0 Å². The van der Waals surface area contributed by atoms with Crippen LogP contribution in [-0.4, -0.2) is 28.7 Å². The molecule has 2 amide bonds. The summed E-state index contributed by atoms with van der Waals surface area (Å²) in [6, 6.07) is 4.95. The maximum absolute atomic E-state index is 11.9. The highest BCUT2D eigenvalue weighted by Gasteiger charge is 2.12. The monoisotopic (exact) mass is 291 g/mol. The third-order valence-corrected chi connectivity index (χ3v) is 2.70. The Labute approximate surface area is 124 Å². The van der Waals surface area contributed by atoms with Gasteiger partial charge in [0.25, 0.3) is 5.91 Å². The molecule has 0 aliphatic rings. The number of nitrogens with zero attached hydrogens (tertiary/aromatic N) is 1. The van der Waals surface area contributed by atoms with Gasteiger partial charge in [0, 0.05) is 11.8 Å². The van der Waals surface area contributed by atoms with Crippen molar-refractivity contribution in [3.05, 3.63) is 29.3 Å². The first-order valence-electron chi connectivity index (χ1n) is 6.72. The van der Waals surface area contributed by atoms with Crippen LogP contribution >= 0.6 is 0 Å². The Morgan fingerprint density at radius 1 is 1.33 bits per heavy atom. The smallest absolute Gasteiger partial charge is 0.275 e. The molecule has 1 aromatic rings. The van der Waals surface area contributed by atoms with Crippen molar-refractivity contribution < 1.29 is 14.7 Å². The first-order valence-corrected chi connectivity index (χ1v) is 6.72. The molecule has 1 aromatic carbocycles. The summed E-state index contributed by atoms with van der Waals surface area (Å²) in [4.78, 5) is 23.4. The second-order valence-corrected chi connectivity index (χ2v) is 5.16. The lowest BCUT2D eigenvalue weighted by molar-refractivity contribution is -0.120. The number of aryl methyl sites for hydroxylation is 1. The zero-order valence-corrected chi connectivity index (χ0v) is 12.7. The Balaban J connectivity index is 2.65. The van der Waals surface area contributed by atoms with E-state index in [9.17, 15) is 14.7 Å². The van der Waals surface area contributed by atoms with Crippen LogP contribution in [0.25, 0.3) is 0 Å². The summed E-state index contributed by atoms with van der Waals surface area (Å²) in [5.41, 5.74) is 3.58. The molecule has 0 bridgehead atoms. The van der Waals surface area contributed by atoms with E-state index in [0.717, 1.165) is 0 Å². The predicted molar refractivity (Wildman–Crippen MR) is 81.3 cm³/mol. The minimum atomic E-state index is -0.514. The quantitative estimate of drug-likeness (QED) is 0.570. The van der Waals surface area contributed by atoms with Crippen LogP contribution in [0.2, 0.25) is 0 Å². The van der Waals surface area contributed by atoms with Gasteiger partial charge in [0.1, 0.15) is 5.75 Å². The predicted octanol–water partition coefficient (Wildman–Crippen LogP) is 1.72. The van der Waals surface area contributed by atoms with Crippen LogP contribution in [0, 0.1) is 6.92 Å². The fourth-order valence-corrected chi connectivity index (χ4v) is 1.69. The number of hydrazone groups is 1. The largest absolute Gasteiger partial charge is 0.507 e. The number of hydrogen-bond donors (Lipinski definition) is 3. The fourth-order valence-electron chi connectivity index (χ4n) is 1.69. The molecule has 114 valence electrons. The van der Waals surface area contributed by atoms with Gasteiger partial charge in [0.2, 0.25) is 5.91 Å². The van der Waals surface area contributed by atoms with Gasteiger partial charge in [-0.05, 0) is 39.3 Å². The van der Waals surface area contributed by atoms with E-state index in [1.54, 1.807) is 26.0 Å². The lowest BCUT2D eigenvalue weighted by Gasteiger charge is -2.08. The Bertz CT molecular complexity index is 565. The molecule has 0 aromatic heterocycles. The average Bonchev–Trinajstić information content (AvgIpc) is 2.38. The van der Waals surface area contributed by atoms with Crippen molar-refractivity contribution in [1.29, 1.82) is 0 Å². The number of amides is 2. The number of carbonyl (C=O) groups is 2. The van der Waals surface area contributed by atoms with Gasteiger partial charge < -0.3 is 10.4 Å². The van der Waals surface area contributed by atoms with E-state index < -0.39 is 5.91 Å². The molecule has 0 heterocycles. The molecule has 0 radical (unpaired) electrons. The topological polar surface area (TPSA) is 90.8 Å². The van der Waals surface area contributed by atoms with E-state index in [4.69, 9.17) is 0 Å². The lowest BCUT2D eigenvalue weighted by Crippen LogP contribution is -2.31. The van der Waals surface area contributed by atoms with Crippen molar-refractivity contribution in [2.45, 2.75) is 40.2 Å². The maximum atomic E-state index is 11.9. The van der Waals surface area contributed by atoms with E-state index in [-0.39, 0.29) is 29.7 Å². The van der Waals surface area contributed by atoms with Crippen LogP contribution in [0.3, 0.4) is 0 Å². The summed E-state index contributed by atoms with van der Waals surface area (Å²) in [5, 5.41) is 16.4. The lowest BCUT2D eigenvalue weighted by atomic mass is 10.1. The van der Waals surface area contributed by atoms with Crippen LogP contribution in [0.1, 0.15) is 43.1 Å². The zero-order chi connectivity index (χ0) is 16.0. The van der Waals surface area contributed by atoms with Crippen molar-refractivity contribution in [2.24, 2.45) is 5.10 Å². The van der Waals surface area contributed by atoms with Crippen molar-refractivity contribution in [3.8, 4) is 5.75 Å². The van der Waals surface area contributed by atoms with Gasteiger partial charge in [-0.15, -0.1) is 0 Å². The minimum Gasteiger partial charge on any atom is -0.507 e. The van der Waals surface area contributed by atoms with Gasteiger partial charge >= 0.3 is 0 Å². The van der Waals surface area contributed by atoms with Crippen molar-refractivity contribution >= 4 is 17.5 Å². The van der Waals surface area contributed by atoms with Gasteiger partial charge in [0.15, 0.2) is 0 Å². The molecule has 0 fully saturated rings. The Kier molecular flexibility index (Phi) is 5.90. The molecule has 6 heteroatoms. The van der Waals surface area contributed by atoms with E-state index in [0.29, 0.717) is 11.3 Å². The number of carbonyl (C=O) groups excluding carboxylic acids is 2. The first-order chi connectivity index (χ1) is 9.81. The normalized spacial score (nSPS) is 11.4. The summed E-state index contributed by atoms with van der Waals surface area (Å²) < 4.78 is 0. The Morgan fingerprint density at radius 2 is 2.00 bits per heavy atom. The number of para-hydroxylation sites is 1. The van der Waals surface area contributed by atoms with E-state index in [1.807, 2.05) is 13.8 Å².